The molecule has 33 heavy (non-hydrogen) atoms. The van der Waals surface area contributed by atoms with E-state index in [0.717, 1.165) is 41.8 Å². The highest BCUT2D eigenvalue weighted by molar-refractivity contribution is 6.01. The molecule has 0 spiro atoms. The second-order valence-corrected chi connectivity index (χ2v) is 8.53. The number of carbonyl (C=O) groups excluding carboxylic acids is 1. The molecular formula is C24H26F3N5O. The number of H-pyrrole nitrogens is 1. The molecule has 4 rings (SSSR count). The van der Waals surface area contributed by atoms with Gasteiger partial charge in [0.25, 0.3) is 5.91 Å². The van der Waals surface area contributed by atoms with Gasteiger partial charge < -0.3 is 10.2 Å². The van der Waals surface area contributed by atoms with Crippen molar-refractivity contribution in [2.45, 2.75) is 38.9 Å². The molecule has 2 atom stereocenters. The number of hydrogen-bond acceptors (Lipinski definition) is 4. The molecule has 0 radical (unpaired) electrons. The van der Waals surface area contributed by atoms with Crippen molar-refractivity contribution in [3.05, 3.63) is 65.6 Å². The second kappa shape index (κ2) is 9.25. The van der Waals surface area contributed by atoms with Crippen LogP contribution in [0.5, 0.6) is 0 Å². The van der Waals surface area contributed by atoms with E-state index in [9.17, 15) is 18.0 Å². The number of amides is 1. The van der Waals surface area contributed by atoms with Crippen molar-refractivity contribution in [1.82, 2.24) is 20.1 Å². The minimum absolute atomic E-state index is 0.0615. The predicted molar refractivity (Wildman–Crippen MR) is 120 cm³/mol. The predicted octanol–water partition coefficient (Wildman–Crippen LogP) is 5.15. The largest absolute Gasteiger partial charge is 0.417 e. The molecule has 2 unspecified atom stereocenters. The average Bonchev–Trinajstić information content (AvgIpc) is 3.32. The van der Waals surface area contributed by atoms with Gasteiger partial charge in [-0.05, 0) is 49.4 Å². The number of aryl methyl sites for hydroxylation is 1. The zero-order valence-electron chi connectivity index (χ0n) is 18.5. The van der Waals surface area contributed by atoms with E-state index in [4.69, 9.17) is 0 Å². The van der Waals surface area contributed by atoms with Crippen molar-refractivity contribution in [1.29, 1.82) is 0 Å². The zero-order chi connectivity index (χ0) is 23.6. The first-order chi connectivity index (χ1) is 15.7. The minimum atomic E-state index is -4.42. The first kappa shape index (κ1) is 22.8. The highest BCUT2D eigenvalue weighted by atomic mass is 19.4. The molecule has 3 aromatic rings. The Morgan fingerprint density at radius 1 is 1.24 bits per heavy atom. The summed E-state index contributed by atoms with van der Waals surface area (Å²) in [5, 5.41) is 9.93. The van der Waals surface area contributed by atoms with Gasteiger partial charge in [-0.25, -0.2) is 4.98 Å². The summed E-state index contributed by atoms with van der Waals surface area (Å²) in [6.07, 6.45) is 1.71. The summed E-state index contributed by atoms with van der Waals surface area (Å²) < 4.78 is 38.4. The van der Waals surface area contributed by atoms with E-state index in [-0.39, 0.29) is 17.9 Å². The van der Waals surface area contributed by atoms with Crippen LogP contribution in [0.4, 0.5) is 19.0 Å². The van der Waals surface area contributed by atoms with Crippen LogP contribution in [0.25, 0.3) is 11.1 Å². The average molecular weight is 458 g/mol. The zero-order valence-corrected chi connectivity index (χ0v) is 18.5. The maximum absolute atomic E-state index is 13.7. The molecule has 1 aliphatic heterocycles. The normalized spacial score (nSPS) is 18.9. The van der Waals surface area contributed by atoms with Crippen LogP contribution in [0.3, 0.4) is 0 Å². The van der Waals surface area contributed by atoms with Crippen molar-refractivity contribution in [2.75, 3.05) is 18.4 Å². The van der Waals surface area contributed by atoms with E-state index in [2.05, 4.69) is 27.4 Å². The Morgan fingerprint density at radius 2 is 2.06 bits per heavy atom. The third-order valence-electron chi connectivity index (χ3n) is 6.17. The highest BCUT2D eigenvalue weighted by Gasteiger charge is 2.34. The van der Waals surface area contributed by atoms with Crippen LogP contribution >= 0.6 is 0 Å². The quantitative estimate of drug-likeness (QED) is 0.556. The van der Waals surface area contributed by atoms with Gasteiger partial charge in [0.1, 0.15) is 5.82 Å². The van der Waals surface area contributed by atoms with Crippen molar-refractivity contribution in [3.63, 3.8) is 0 Å². The summed E-state index contributed by atoms with van der Waals surface area (Å²) >= 11 is 0. The summed E-state index contributed by atoms with van der Waals surface area (Å²) in [5.41, 5.74) is 2.46. The maximum atomic E-state index is 13.7. The molecule has 2 aromatic heterocycles. The number of nitrogens with zero attached hydrogens (tertiary/aromatic N) is 3. The van der Waals surface area contributed by atoms with Gasteiger partial charge in [0.15, 0.2) is 0 Å². The lowest BCUT2D eigenvalue weighted by molar-refractivity contribution is -0.137. The lowest BCUT2D eigenvalue weighted by Crippen LogP contribution is -2.51. The molecule has 1 aromatic carbocycles. The molecule has 6 nitrogen and oxygen atoms in total. The number of alkyl halides is 3. The first-order valence-electron chi connectivity index (χ1n) is 10.9. The number of carbonyl (C=O) groups is 1. The van der Waals surface area contributed by atoms with Gasteiger partial charge >= 0.3 is 6.18 Å². The fraction of sp³-hybridized carbons (Fsp3) is 0.375. The number of benzene rings is 1. The van der Waals surface area contributed by atoms with Gasteiger partial charge in [-0.2, -0.15) is 18.3 Å². The van der Waals surface area contributed by atoms with Crippen LogP contribution in [0.2, 0.25) is 0 Å². The molecule has 1 fully saturated rings. The van der Waals surface area contributed by atoms with E-state index in [1.165, 1.54) is 6.07 Å². The van der Waals surface area contributed by atoms with E-state index in [1.807, 2.05) is 30.0 Å². The summed E-state index contributed by atoms with van der Waals surface area (Å²) in [6, 6.07) is 8.00. The number of aromatic amines is 1. The molecular weight excluding hydrogens is 431 g/mol. The Kier molecular flexibility index (Phi) is 6.40. The van der Waals surface area contributed by atoms with Crippen LogP contribution in [-0.4, -0.2) is 45.1 Å². The van der Waals surface area contributed by atoms with Gasteiger partial charge in [0.2, 0.25) is 0 Å². The fourth-order valence-electron chi connectivity index (χ4n) is 4.33. The van der Waals surface area contributed by atoms with E-state index in [1.54, 1.807) is 12.4 Å². The minimum Gasteiger partial charge on any atom is -0.368 e. The van der Waals surface area contributed by atoms with Gasteiger partial charge in [0, 0.05) is 36.6 Å². The molecule has 0 aliphatic carbocycles. The van der Waals surface area contributed by atoms with Crippen LogP contribution in [0, 0.1) is 12.8 Å². The number of halogens is 3. The Labute approximate surface area is 190 Å². The van der Waals surface area contributed by atoms with Crippen LogP contribution in [0.15, 0.2) is 48.9 Å². The molecule has 0 saturated carbocycles. The van der Waals surface area contributed by atoms with E-state index >= 15 is 0 Å². The van der Waals surface area contributed by atoms with E-state index < -0.39 is 11.7 Å². The molecule has 3 heterocycles. The van der Waals surface area contributed by atoms with Crippen molar-refractivity contribution in [3.8, 4) is 11.1 Å². The number of hydrogen-bond donors (Lipinski definition) is 2. The lowest BCUT2D eigenvalue weighted by atomic mass is 9.89. The Bertz CT molecular complexity index is 1100. The Morgan fingerprint density at radius 3 is 2.73 bits per heavy atom. The van der Waals surface area contributed by atoms with Crippen molar-refractivity contribution < 1.29 is 18.0 Å². The summed E-state index contributed by atoms with van der Waals surface area (Å²) in [5.74, 6) is 0.517. The Balaban J connectivity index is 1.55. The van der Waals surface area contributed by atoms with Crippen LogP contribution < -0.4 is 5.32 Å². The first-order valence-corrected chi connectivity index (χ1v) is 10.9. The number of rotatable bonds is 5. The Hall–Kier alpha value is -3.36. The number of piperidine rings is 1. The molecule has 1 saturated heterocycles. The van der Waals surface area contributed by atoms with Crippen LogP contribution in [-0.2, 0) is 6.18 Å². The molecule has 2 N–H and O–H groups in total. The number of anilines is 1. The van der Waals surface area contributed by atoms with Crippen LogP contribution in [0.1, 0.15) is 41.3 Å². The number of aromatic nitrogens is 3. The van der Waals surface area contributed by atoms with E-state index in [0.29, 0.717) is 24.5 Å². The summed E-state index contributed by atoms with van der Waals surface area (Å²) in [7, 11) is 0. The van der Waals surface area contributed by atoms with Gasteiger partial charge in [-0.15, -0.1) is 0 Å². The number of pyridine rings is 1. The number of likely N-dealkylation sites (tertiary alicyclic amines) is 1. The molecule has 1 amide bonds. The van der Waals surface area contributed by atoms with Gasteiger partial charge in [-0.3, -0.25) is 9.89 Å². The SMILES string of the molecule is Cc1ccc(-c2cn[nH]c2)c(C(=O)N2CCCC(C)C2CNc2ccc(C(F)(F)F)cn2)c1. The topological polar surface area (TPSA) is 73.9 Å². The monoisotopic (exact) mass is 457 g/mol. The molecule has 1 aliphatic rings. The fourth-order valence-corrected chi connectivity index (χ4v) is 4.33. The molecule has 9 heteroatoms. The van der Waals surface area contributed by atoms with Crippen molar-refractivity contribution >= 4 is 11.7 Å². The van der Waals surface area contributed by atoms with Gasteiger partial charge in [0.05, 0.1) is 17.8 Å². The smallest absolute Gasteiger partial charge is 0.368 e. The lowest BCUT2D eigenvalue weighted by Gasteiger charge is -2.40. The standard InChI is InChI=1S/C24H26F3N5O/c1-15-5-7-19(17-11-30-31-12-17)20(10-15)23(33)32-9-3-4-16(2)21(32)14-29-22-8-6-18(13-28-22)24(25,26)27/h5-8,10-13,16,21H,3-4,9,14H2,1-2H3,(H,28,29)(H,30,31). The third kappa shape index (κ3) is 5.02. The second-order valence-electron chi connectivity index (χ2n) is 8.53. The third-order valence-corrected chi connectivity index (χ3v) is 6.17. The highest BCUT2D eigenvalue weighted by Crippen LogP contribution is 2.31. The van der Waals surface area contributed by atoms with Gasteiger partial charge in [-0.1, -0.05) is 24.6 Å². The summed E-state index contributed by atoms with van der Waals surface area (Å²) in [4.78, 5) is 19.5. The number of nitrogens with one attached hydrogen (secondary N) is 2. The summed E-state index contributed by atoms with van der Waals surface area (Å²) in [6.45, 7) is 5.07. The maximum Gasteiger partial charge on any atom is 0.417 e. The molecule has 174 valence electrons. The molecule has 0 bridgehead atoms. The van der Waals surface area contributed by atoms with Crippen molar-refractivity contribution in [2.24, 2.45) is 5.92 Å².